The number of halogens is 1. The lowest BCUT2D eigenvalue weighted by atomic mass is 10.2. The zero-order chi connectivity index (χ0) is 13.2. The summed E-state index contributed by atoms with van der Waals surface area (Å²) in [6.07, 6.45) is 3.06. The molecule has 1 aromatic carbocycles. The number of benzene rings is 1. The number of ether oxygens (including phenoxy) is 1. The first-order chi connectivity index (χ1) is 9.28. The van der Waals surface area contributed by atoms with Crippen molar-refractivity contribution in [3.63, 3.8) is 0 Å². The fourth-order valence-electron chi connectivity index (χ4n) is 1.60. The molecule has 96 valence electrons. The van der Waals surface area contributed by atoms with Gasteiger partial charge in [-0.1, -0.05) is 17.7 Å². The van der Waals surface area contributed by atoms with Crippen molar-refractivity contribution < 1.29 is 4.74 Å². The molecule has 0 aliphatic carbocycles. The summed E-state index contributed by atoms with van der Waals surface area (Å²) in [5, 5.41) is 11.7. The topological polar surface area (TPSA) is 91.2 Å². The fraction of sp³-hybridized carbons (Fsp3) is 0.0909. The van der Waals surface area contributed by atoms with E-state index in [1.165, 1.54) is 16.9 Å². The van der Waals surface area contributed by atoms with Crippen LogP contribution in [-0.2, 0) is 6.54 Å². The maximum absolute atomic E-state index is 6.07. The molecule has 19 heavy (non-hydrogen) atoms. The molecule has 2 aromatic heterocycles. The van der Waals surface area contributed by atoms with Gasteiger partial charge in [0.15, 0.2) is 0 Å². The molecule has 0 amide bonds. The van der Waals surface area contributed by atoms with Crippen LogP contribution in [0.15, 0.2) is 30.6 Å². The molecule has 0 aliphatic rings. The summed E-state index contributed by atoms with van der Waals surface area (Å²) in [5.41, 5.74) is 6.90. The Labute approximate surface area is 113 Å². The van der Waals surface area contributed by atoms with Gasteiger partial charge in [0.05, 0.1) is 12.4 Å². The molecule has 3 rings (SSSR count). The average Bonchev–Trinajstić information content (AvgIpc) is 2.88. The quantitative estimate of drug-likeness (QED) is 0.778. The van der Waals surface area contributed by atoms with Gasteiger partial charge in [-0.25, -0.2) is 0 Å². The molecule has 0 saturated carbocycles. The van der Waals surface area contributed by atoms with Gasteiger partial charge in [0.25, 0.3) is 0 Å². The van der Waals surface area contributed by atoms with Crippen LogP contribution in [0.4, 0.5) is 0 Å². The zero-order valence-corrected chi connectivity index (χ0v) is 10.4. The molecule has 2 N–H and O–H groups in total. The maximum Gasteiger partial charge on any atom is 0.242 e. The van der Waals surface area contributed by atoms with Crippen LogP contribution in [-0.4, -0.2) is 25.0 Å². The van der Waals surface area contributed by atoms with Gasteiger partial charge in [-0.3, -0.25) is 4.98 Å². The van der Waals surface area contributed by atoms with Crippen LogP contribution in [0.2, 0.25) is 5.02 Å². The summed E-state index contributed by atoms with van der Waals surface area (Å²) in [7, 11) is 0. The van der Waals surface area contributed by atoms with Crippen molar-refractivity contribution in [2.24, 2.45) is 5.73 Å². The van der Waals surface area contributed by atoms with Gasteiger partial charge < -0.3 is 10.5 Å². The van der Waals surface area contributed by atoms with Gasteiger partial charge in [-0.15, -0.1) is 5.10 Å². The van der Waals surface area contributed by atoms with Crippen LogP contribution in [0.3, 0.4) is 0 Å². The number of hydrogen-bond donors (Lipinski definition) is 1. The third kappa shape index (κ3) is 2.20. The minimum Gasteiger partial charge on any atom is -0.437 e. The lowest BCUT2D eigenvalue weighted by Gasteiger charge is -2.07. The summed E-state index contributed by atoms with van der Waals surface area (Å²) < 4.78 is 7.11. The molecular weight excluding hydrogens is 268 g/mol. The molecule has 0 unspecified atom stereocenters. The number of rotatable bonds is 3. The predicted octanol–water partition coefficient (Wildman–Crippen LogP) is 1.42. The Kier molecular flexibility index (Phi) is 2.98. The largest absolute Gasteiger partial charge is 0.437 e. The lowest BCUT2D eigenvalue weighted by Crippen LogP contribution is -1.99. The van der Waals surface area contributed by atoms with Crippen LogP contribution in [0.1, 0.15) is 5.56 Å². The molecule has 0 atom stereocenters. The van der Waals surface area contributed by atoms with Gasteiger partial charge in [-0.2, -0.15) is 4.52 Å². The standard InChI is InChI=1S/C11H9ClN6O/c12-9-3-8(2-1-7(9)4-13)19-11-6-14-5-10-15-16-17-18(10)11/h1-3,5-6H,4,13H2. The average molecular weight is 277 g/mol. The molecule has 0 radical (unpaired) electrons. The van der Waals surface area contributed by atoms with E-state index < -0.39 is 0 Å². The number of nitrogens with zero attached hydrogens (tertiary/aromatic N) is 5. The van der Waals surface area contributed by atoms with E-state index in [9.17, 15) is 0 Å². The van der Waals surface area contributed by atoms with E-state index in [1.807, 2.05) is 6.07 Å². The SMILES string of the molecule is NCc1ccc(Oc2cncc3nnnn23)cc1Cl. The third-order valence-corrected chi connectivity index (χ3v) is 2.90. The molecule has 3 aromatic rings. The minimum atomic E-state index is 0.378. The highest BCUT2D eigenvalue weighted by molar-refractivity contribution is 6.31. The Morgan fingerprint density at radius 2 is 2.21 bits per heavy atom. The smallest absolute Gasteiger partial charge is 0.242 e. The molecule has 0 fully saturated rings. The Morgan fingerprint density at radius 1 is 1.32 bits per heavy atom. The second-order valence-electron chi connectivity index (χ2n) is 3.75. The van der Waals surface area contributed by atoms with E-state index in [0.29, 0.717) is 28.8 Å². The third-order valence-electron chi connectivity index (χ3n) is 2.54. The van der Waals surface area contributed by atoms with Crippen molar-refractivity contribution in [3.8, 4) is 11.6 Å². The fourth-order valence-corrected chi connectivity index (χ4v) is 1.85. The van der Waals surface area contributed by atoms with Crippen molar-refractivity contribution in [2.45, 2.75) is 6.54 Å². The summed E-state index contributed by atoms with van der Waals surface area (Å²) in [4.78, 5) is 4.00. The Hall–Kier alpha value is -2.25. The first kappa shape index (κ1) is 11.8. The molecule has 0 saturated heterocycles. The summed E-state index contributed by atoms with van der Waals surface area (Å²) in [6.45, 7) is 0.378. The van der Waals surface area contributed by atoms with Gasteiger partial charge >= 0.3 is 0 Å². The van der Waals surface area contributed by atoms with E-state index in [4.69, 9.17) is 22.1 Å². The van der Waals surface area contributed by atoms with Gasteiger partial charge in [-0.05, 0) is 28.1 Å². The number of aromatic nitrogens is 5. The van der Waals surface area contributed by atoms with Crippen LogP contribution >= 0.6 is 11.6 Å². The van der Waals surface area contributed by atoms with E-state index in [0.717, 1.165) is 5.56 Å². The Balaban J connectivity index is 1.97. The normalized spacial score (nSPS) is 10.8. The van der Waals surface area contributed by atoms with Crippen molar-refractivity contribution >= 4 is 17.2 Å². The summed E-state index contributed by atoms with van der Waals surface area (Å²) in [5.74, 6) is 0.964. The molecule has 0 spiro atoms. The number of hydrogen-bond acceptors (Lipinski definition) is 6. The Bertz CT molecular complexity index is 728. The van der Waals surface area contributed by atoms with Crippen LogP contribution in [0, 0.1) is 0 Å². The molecule has 0 aliphatic heterocycles. The number of tetrazole rings is 1. The molecule has 0 bridgehead atoms. The molecular formula is C11H9ClN6O. The van der Waals surface area contributed by atoms with Gasteiger partial charge in [0.2, 0.25) is 11.5 Å². The summed E-state index contributed by atoms with van der Waals surface area (Å²) in [6, 6.07) is 5.27. The number of fused-ring (bicyclic) bond motifs is 1. The second kappa shape index (κ2) is 4.79. The highest BCUT2D eigenvalue weighted by Gasteiger charge is 2.07. The molecule has 7 nitrogen and oxygen atoms in total. The van der Waals surface area contributed by atoms with Crippen molar-refractivity contribution in [3.05, 3.63) is 41.2 Å². The number of nitrogens with two attached hydrogens (primary N) is 1. The predicted molar refractivity (Wildman–Crippen MR) is 68.0 cm³/mol. The van der Waals surface area contributed by atoms with Gasteiger partial charge in [0.1, 0.15) is 5.75 Å². The Morgan fingerprint density at radius 3 is 3.00 bits per heavy atom. The van der Waals surface area contributed by atoms with E-state index in [2.05, 4.69) is 20.5 Å². The highest BCUT2D eigenvalue weighted by Crippen LogP contribution is 2.26. The van der Waals surface area contributed by atoms with Crippen LogP contribution in [0.5, 0.6) is 11.6 Å². The van der Waals surface area contributed by atoms with Crippen molar-refractivity contribution in [2.75, 3.05) is 0 Å². The van der Waals surface area contributed by atoms with E-state index >= 15 is 0 Å². The summed E-state index contributed by atoms with van der Waals surface area (Å²) >= 11 is 6.07. The van der Waals surface area contributed by atoms with E-state index in [-0.39, 0.29) is 0 Å². The van der Waals surface area contributed by atoms with Crippen LogP contribution in [0.25, 0.3) is 5.65 Å². The van der Waals surface area contributed by atoms with Crippen LogP contribution < -0.4 is 10.5 Å². The maximum atomic E-state index is 6.07. The zero-order valence-electron chi connectivity index (χ0n) is 9.69. The minimum absolute atomic E-state index is 0.378. The monoisotopic (exact) mass is 276 g/mol. The van der Waals surface area contributed by atoms with Crippen molar-refractivity contribution in [1.29, 1.82) is 0 Å². The second-order valence-corrected chi connectivity index (χ2v) is 4.16. The highest BCUT2D eigenvalue weighted by atomic mass is 35.5. The first-order valence-electron chi connectivity index (χ1n) is 5.46. The molecule has 8 heteroatoms. The molecule has 2 heterocycles. The lowest BCUT2D eigenvalue weighted by molar-refractivity contribution is 0.442. The first-order valence-corrected chi connectivity index (χ1v) is 5.84. The van der Waals surface area contributed by atoms with Crippen molar-refractivity contribution in [1.82, 2.24) is 25.0 Å². The van der Waals surface area contributed by atoms with Gasteiger partial charge in [0, 0.05) is 11.6 Å². The van der Waals surface area contributed by atoms with E-state index in [1.54, 1.807) is 12.1 Å².